The SMILES string of the molecule is Cc1nc(CN(C)C(=NCCc2ccco2)NC2CCCC2)cs1.I. The molecule has 1 aliphatic carbocycles. The van der Waals surface area contributed by atoms with Gasteiger partial charge in [0.1, 0.15) is 5.76 Å². The Morgan fingerprint density at radius 1 is 1.44 bits per heavy atom. The predicted octanol–water partition coefficient (Wildman–Crippen LogP) is 4.23. The molecule has 0 aliphatic heterocycles. The molecule has 2 aromatic heterocycles. The molecule has 1 aliphatic rings. The number of hydrogen-bond donors (Lipinski definition) is 1. The largest absolute Gasteiger partial charge is 0.469 e. The van der Waals surface area contributed by atoms with Crippen molar-refractivity contribution in [2.75, 3.05) is 13.6 Å². The number of aryl methyl sites for hydroxylation is 1. The summed E-state index contributed by atoms with van der Waals surface area (Å²) < 4.78 is 5.40. The van der Waals surface area contributed by atoms with Crippen molar-refractivity contribution in [2.24, 2.45) is 4.99 Å². The molecular formula is C18H27IN4OS. The first-order valence-corrected chi connectivity index (χ1v) is 9.54. The standard InChI is InChI=1S/C18H26N4OS.HI/c1-14-20-16(13-24-14)12-22(2)18(21-15-6-3-4-7-15)19-10-9-17-8-5-11-23-17;/h5,8,11,13,15H,3-4,6-7,9-10,12H2,1-2H3,(H,19,21);1H. The molecule has 0 spiro atoms. The maximum absolute atomic E-state index is 5.40. The Bertz CT molecular complexity index is 650. The highest BCUT2D eigenvalue weighted by atomic mass is 127. The smallest absolute Gasteiger partial charge is 0.194 e. The highest BCUT2D eigenvalue weighted by Gasteiger charge is 2.18. The summed E-state index contributed by atoms with van der Waals surface area (Å²) in [7, 11) is 2.09. The van der Waals surface area contributed by atoms with Gasteiger partial charge >= 0.3 is 0 Å². The Hall–Kier alpha value is -1.09. The van der Waals surface area contributed by atoms with Gasteiger partial charge in [-0.25, -0.2) is 4.98 Å². The summed E-state index contributed by atoms with van der Waals surface area (Å²) in [5.41, 5.74) is 1.10. The Morgan fingerprint density at radius 3 is 2.88 bits per heavy atom. The molecule has 2 heterocycles. The number of nitrogens with zero attached hydrogens (tertiary/aromatic N) is 3. The minimum atomic E-state index is 0. The highest BCUT2D eigenvalue weighted by molar-refractivity contribution is 14.0. The Morgan fingerprint density at radius 2 is 2.24 bits per heavy atom. The molecule has 25 heavy (non-hydrogen) atoms. The maximum atomic E-state index is 5.40. The molecule has 1 fully saturated rings. The number of nitrogens with one attached hydrogen (secondary N) is 1. The van der Waals surface area contributed by atoms with Gasteiger partial charge in [-0.3, -0.25) is 4.99 Å². The second-order valence-electron chi connectivity index (χ2n) is 6.37. The second kappa shape index (κ2) is 10.2. The number of guanidine groups is 1. The van der Waals surface area contributed by atoms with E-state index >= 15 is 0 Å². The molecule has 0 amide bonds. The average Bonchev–Trinajstić information content (AvgIpc) is 3.30. The van der Waals surface area contributed by atoms with Gasteiger partial charge in [-0.2, -0.15) is 0 Å². The van der Waals surface area contributed by atoms with E-state index in [1.165, 1.54) is 25.7 Å². The van der Waals surface area contributed by atoms with Crippen molar-refractivity contribution in [1.82, 2.24) is 15.2 Å². The molecule has 1 N–H and O–H groups in total. The second-order valence-corrected chi connectivity index (χ2v) is 7.44. The summed E-state index contributed by atoms with van der Waals surface area (Å²) in [6.45, 7) is 3.55. The van der Waals surface area contributed by atoms with Crippen LogP contribution in [-0.4, -0.2) is 35.5 Å². The molecule has 7 heteroatoms. The summed E-state index contributed by atoms with van der Waals surface area (Å²) in [6, 6.07) is 4.47. The lowest BCUT2D eigenvalue weighted by molar-refractivity contribution is 0.451. The molecule has 3 rings (SSSR count). The summed E-state index contributed by atoms with van der Waals surface area (Å²) in [4.78, 5) is 11.6. The van der Waals surface area contributed by atoms with Crippen LogP contribution >= 0.6 is 35.3 Å². The Labute approximate surface area is 171 Å². The van der Waals surface area contributed by atoms with Crippen LogP contribution in [0.3, 0.4) is 0 Å². The van der Waals surface area contributed by atoms with Gasteiger partial charge in [-0.1, -0.05) is 12.8 Å². The average molecular weight is 474 g/mol. The first-order valence-electron chi connectivity index (χ1n) is 8.66. The van der Waals surface area contributed by atoms with E-state index in [4.69, 9.17) is 9.41 Å². The number of aliphatic imine (C=N–C) groups is 1. The van der Waals surface area contributed by atoms with Crippen LogP contribution in [0.1, 0.15) is 42.1 Å². The van der Waals surface area contributed by atoms with Crippen LogP contribution in [0.2, 0.25) is 0 Å². The number of furan rings is 1. The molecule has 0 aromatic carbocycles. The van der Waals surface area contributed by atoms with Crippen LogP contribution in [0.4, 0.5) is 0 Å². The van der Waals surface area contributed by atoms with E-state index < -0.39 is 0 Å². The first-order chi connectivity index (χ1) is 11.7. The van der Waals surface area contributed by atoms with Crippen molar-refractivity contribution >= 4 is 41.3 Å². The lowest BCUT2D eigenvalue weighted by Gasteiger charge is -2.24. The van der Waals surface area contributed by atoms with Crippen LogP contribution < -0.4 is 5.32 Å². The van der Waals surface area contributed by atoms with Gasteiger partial charge in [-0.15, -0.1) is 35.3 Å². The van der Waals surface area contributed by atoms with Crippen molar-refractivity contribution in [3.05, 3.63) is 40.2 Å². The number of rotatable bonds is 6. The summed E-state index contributed by atoms with van der Waals surface area (Å²) in [5, 5.41) is 6.88. The lowest BCUT2D eigenvalue weighted by Crippen LogP contribution is -2.43. The quantitative estimate of drug-likeness (QED) is 0.387. The van der Waals surface area contributed by atoms with Gasteiger partial charge in [-0.05, 0) is 31.9 Å². The fourth-order valence-corrected chi connectivity index (χ4v) is 3.66. The van der Waals surface area contributed by atoms with E-state index in [0.29, 0.717) is 6.04 Å². The molecule has 0 atom stereocenters. The van der Waals surface area contributed by atoms with Crippen molar-refractivity contribution in [3.63, 3.8) is 0 Å². The monoisotopic (exact) mass is 474 g/mol. The molecule has 0 unspecified atom stereocenters. The van der Waals surface area contributed by atoms with Gasteiger partial charge < -0.3 is 14.6 Å². The molecule has 0 bridgehead atoms. The number of aromatic nitrogens is 1. The maximum Gasteiger partial charge on any atom is 0.194 e. The molecule has 0 radical (unpaired) electrons. The van der Waals surface area contributed by atoms with Gasteiger partial charge in [0.15, 0.2) is 5.96 Å². The topological polar surface area (TPSA) is 53.7 Å². The minimum Gasteiger partial charge on any atom is -0.469 e. The van der Waals surface area contributed by atoms with E-state index in [2.05, 4.69) is 27.6 Å². The fourth-order valence-electron chi connectivity index (χ4n) is 3.05. The molecular weight excluding hydrogens is 447 g/mol. The van der Waals surface area contributed by atoms with Crippen LogP contribution in [0, 0.1) is 6.92 Å². The third-order valence-electron chi connectivity index (χ3n) is 4.32. The van der Waals surface area contributed by atoms with Crippen LogP contribution in [0.25, 0.3) is 0 Å². The summed E-state index contributed by atoms with van der Waals surface area (Å²) >= 11 is 1.70. The van der Waals surface area contributed by atoms with Crippen molar-refractivity contribution in [1.29, 1.82) is 0 Å². The van der Waals surface area contributed by atoms with Crippen molar-refractivity contribution in [3.8, 4) is 0 Å². The third-order valence-corrected chi connectivity index (χ3v) is 5.14. The van der Waals surface area contributed by atoms with E-state index in [1.807, 2.05) is 19.1 Å². The highest BCUT2D eigenvalue weighted by Crippen LogP contribution is 2.18. The molecule has 2 aromatic rings. The van der Waals surface area contributed by atoms with E-state index in [1.54, 1.807) is 17.6 Å². The predicted molar refractivity (Wildman–Crippen MR) is 114 cm³/mol. The van der Waals surface area contributed by atoms with Gasteiger partial charge in [0.05, 0.1) is 23.5 Å². The zero-order valence-corrected chi connectivity index (χ0v) is 18.0. The van der Waals surface area contributed by atoms with Crippen molar-refractivity contribution in [2.45, 2.75) is 51.6 Å². The van der Waals surface area contributed by atoms with Gasteiger partial charge in [0.25, 0.3) is 0 Å². The normalized spacial score (nSPS) is 15.2. The van der Waals surface area contributed by atoms with Crippen LogP contribution in [-0.2, 0) is 13.0 Å². The zero-order chi connectivity index (χ0) is 16.8. The van der Waals surface area contributed by atoms with Crippen LogP contribution in [0.5, 0.6) is 0 Å². The van der Waals surface area contributed by atoms with E-state index in [0.717, 1.165) is 41.9 Å². The van der Waals surface area contributed by atoms with Crippen molar-refractivity contribution < 1.29 is 4.42 Å². The van der Waals surface area contributed by atoms with Gasteiger partial charge in [0.2, 0.25) is 0 Å². The molecule has 1 saturated carbocycles. The molecule has 138 valence electrons. The Balaban J connectivity index is 0.00000225. The van der Waals surface area contributed by atoms with Crippen LogP contribution in [0.15, 0.2) is 33.2 Å². The van der Waals surface area contributed by atoms with E-state index in [9.17, 15) is 0 Å². The third kappa shape index (κ3) is 6.29. The number of hydrogen-bond acceptors (Lipinski definition) is 4. The van der Waals surface area contributed by atoms with Gasteiger partial charge in [0, 0.05) is 31.4 Å². The first kappa shape index (κ1) is 20.2. The molecule has 0 saturated heterocycles. The summed E-state index contributed by atoms with van der Waals surface area (Å²) in [5.74, 6) is 1.95. The number of thiazole rings is 1. The minimum absolute atomic E-state index is 0. The lowest BCUT2D eigenvalue weighted by atomic mass is 10.2. The Kier molecular flexibility index (Phi) is 8.21. The summed E-state index contributed by atoms with van der Waals surface area (Å²) in [6.07, 6.45) is 7.64. The van der Waals surface area contributed by atoms with E-state index in [-0.39, 0.29) is 24.0 Å². The molecule has 5 nitrogen and oxygen atoms in total. The fraction of sp³-hybridized carbons (Fsp3) is 0.556. The zero-order valence-electron chi connectivity index (χ0n) is 14.9. The number of halogens is 1.